The van der Waals surface area contributed by atoms with Gasteiger partial charge in [0.25, 0.3) is 0 Å². The van der Waals surface area contributed by atoms with Gasteiger partial charge in [0.1, 0.15) is 5.41 Å². The Hall–Kier alpha value is -2.62. The van der Waals surface area contributed by atoms with Gasteiger partial charge in [0.15, 0.2) is 0 Å². The molecule has 25 heavy (non-hydrogen) atoms. The van der Waals surface area contributed by atoms with Crippen molar-refractivity contribution in [2.75, 3.05) is 11.9 Å². The van der Waals surface area contributed by atoms with Crippen LogP contribution in [0.2, 0.25) is 0 Å². The highest BCUT2D eigenvalue weighted by Gasteiger charge is 2.36. The molecule has 2 rings (SSSR count). The minimum Gasteiger partial charge on any atom is -0.355 e. The zero-order chi connectivity index (χ0) is 18.4. The van der Waals surface area contributed by atoms with E-state index in [9.17, 15) is 9.59 Å². The molecular weight excluding hydrogens is 312 g/mol. The van der Waals surface area contributed by atoms with Crippen LogP contribution in [0.3, 0.4) is 0 Å². The van der Waals surface area contributed by atoms with Crippen molar-refractivity contribution in [2.24, 2.45) is 5.41 Å². The molecule has 2 aromatic rings. The molecular formula is C21H26N2O2. The van der Waals surface area contributed by atoms with Gasteiger partial charge in [-0.1, -0.05) is 48.0 Å². The predicted molar refractivity (Wildman–Crippen MR) is 101 cm³/mol. The molecule has 4 heteroatoms. The lowest BCUT2D eigenvalue weighted by atomic mass is 9.90. The van der Waals surface area contributed by atoms with Gasteiger partial charge < -0.3 is 10.6 Å². The van der Waals surface area contributed by atoms with Gasteiger partial charge in [0.2, 0.25) is 11.8 Å². The zero-order valence-corrected chi connectivity index (χ0v) is 15.3. The second-order valence-corrected chi connectivity index (χ2v) is 6.89. The molecule has 2 N–H and O–H groups in total. The fourth-order valence-electron chi connectivity index (χ4n) is 2.52. The van der Waals surface area contributed by atoms with Gasteiger partial charge >= 0.3 is 0 Å². The summed E-state index contributed by atoms with van der Waals surface area (Å²) >= 11 is 0. The number of aryl methyl sites for hydroxylation is 2. The Morgan fingerprint density at radius 2 is 1.64 bits per heavy atom. The SMILES string of the molecule is Cc1ccc(NC(=O)C(C)(C)C(=O)NCCc2ccccc2)c(C)c1. The molecule has 132 valence electrons. The molecule has 0 aliphatic heterocycles. The molecule has 4 nitrogen and oxygen atoms in total. The predicted octanol–water partition coefficient (Wildman–Crippen LogP) is 3.63. The normalized spacial score (nSPS) is 11.0. The average molecular weight is 338 g/mol. The quantitative estimate of drug-likeness (QED) is 0.790. The Balaban J connectivity index is 1.93. The maximum atomic E-state index is 12.6. The summed E-state index contributed by atoms with van der Waals surface area (Å²) in [5.41, 5.74) is 2.86. The fourth-order valence-corrected chi connectivity index (χ4v) is 2.52. The Morgan fingerprint density at radius 1 is 0.960 bits per heavy atom. The van der Waals surface area contributed by atoms with Crippen molar-refractivity contribution in [2.45, 2.75) is 34.1 Å². The summed E-state index contributed by atoms with van der Waals surface area (Å²) in [6.07, 6.45) is 0.737. The lowest BCUT2D eigenvalue weighted by molar-refractivity contribution is -0.138. The van der Waals surface area contributed by atoms with Crippen LogP contribution >= 0.6 is 0 Å². The molecule has 2 aromatic carbocycles. The van der Waals surface area contributed by atoms with E-state index in [0.29, 0.717) is 6.54 Å². The molecule has 0 spiro atoms. The van der Waals surface area contributed by atoms with Crippen LogP contribution in [0.4, 0.5) is 5.69 Å². The molecule has 0 heterocycles. The zero-order valence-electron chi connectivity index (χ0n) is 15.3. The topological polar surface area (TPSA) is 58.2 Å². The summed E-state index contributed by atoms with van der Waals surface area (Å²) in [5, 5.41) is 5.73. The molecule has 0 bridgehead atoms. The minimum absolute atomic E-state index is 0.273. The van der Waals surface area contributed by atoms with Crippen molar-refractivity contribution >= 4 is 17.5 Å². The van der Waals surface area contributed by atoms with Gasteiger partial charge in [-0.2, -0.15) is 0 Å². The number of benzene rings is 2. The van der Waals surface area contributed by atoms with Crippen LogP contribution in [0, 0.1) is 19.3 Å². The van der Waals surface area contributed by atoms with Crippen molar-refractivity contribution in [3.8, 4) is 0 Å². The third-order valence-corrected chi connectivity index (χ3v) is 4.31. The van der Waals surface area contributed by atoms with E-state index in [0.717, 1.165) is 28.8 Å². The Bertz CT molecular complexity index is 752. The summed E-state index contributed by atoms with van der Waals surface area (Å²) in [5.74, 6) is -0.581. The molecule has 0 radical (unpaired) electrons. The lowest BCUT2D eigenvalue weighted by Crippen LogP contribution is -2.45. The van der Waals surface area contributed by atoms with Crippen LogP contribution in [0.1, 0.15) is 30.5 Å². The highest BCUT2D eigenvalue weighted by atomic mass is 16.2. The summed E-state index contributed by atoms with van der Waals surface area (Å²) in [4.78, 5) is 25.0. The van der Waals surface area contributed by atoms with Crippen molar-refractivity contribution < 1.29 is 9.59 Å². The molecule has 0 saturated carbocycles. The van der Waals surface area contributed by atoms with Crippen molar-refractivity contribution in [1.82, 2.24) is 5.32 Å². The first kappa shape index (κ1) is 18.7. The van der Waals surface area contributed by atoms with E-state index < -0.39 is 5.41 Å². The first-order valence-corrected chi connectivity index (χ1v) is 8.51. The van der Waals surface area contributed by atoms with E-state index in [4.69, 9.17) is 0 Å². The number of hydrogen-bond acceptors (Lipinski definition) is 2. The van der Waals surface area contributed by atoms with Crippen molar-refractivity contribution in [1.29, 1.82) is 0 Å². The van der Waals surface area contributed by atoms with Crippen molar-refractivity contribution in [3.63, 3.8) is 0 Å². The average Bonchev–Trinajstić information content (AvgIpc) is 2.58. The molecule has 0 aliphatic carbocycles. The second kappa shape index (κ2) is 7.97. The Kier molecular flexibility index (Phi) is 5.97. The molecule has 0 fully saturated rings. The van der Waals surface area contributed by atoms with Gasteiger partial charge in [-0.3, -0.25) is 9.59 Å². The number of anilines is 1. The number of hydrogen-bond donors (Lipinski definition) is 2. The van der Waals surface area contributed by atoms with E-state index in [1.54, 1.807) is 13.8 Å². The highest BCUT2D eigenvalue weighted by Crippen LogP contribution is 2.22. The summed E-state index contributed by atoms with van der Waals surface area (Å²) in [7, 11) is 0. The van der Waals surface area contributed by atoms with Gasteiger partial charge in [-0.15, -0.1) is 0 Å². The maximum Gasteiger partial charge on any atom is 0.239 e. The van der Waals surface area contributed by atoms with Crippen LogP contribution in [-0.4, -0.2) is 18.4 Å². The largest absolute Gasteiger partial charge is 0.355 e. The third-order valence-electron chi connectivity index (χ3n) is 4.31. The summed E-state index contributed by atoms with van der Waals surface area (Å²) < 4.78 is 0. The van der Waals surface area contributed by atoms with Gasteiger partial charge in [-0.25, -0.2) is 0 Å². The molecule has 0 aliphatic rings. The number of carbonyl (C=O) groups excluding carboxylic acids is 2. The highest BCUT2D eigenvalue weighted by molar-refractivity contribution is 6.10. The van der Waals surface area contributed by atoms with Gasteiger partial charge in [0, 0.05) is 12.2 Å². The van der Waals surface area contributed by atoms with Crippen LogP contribution in [0.5, 0.6) is 0 Å². The van der Waals surface area contributed by atoms with Crippen LogP contribution < -0.4 is 10.6 Å². The first-order valence-electron chi connectivity index (χ1n) is 8.51. The second-order valence-electron chi connectivity index (χ2n) is 6.89. The molecule has 0 aromatic heterocycles. The van der Waals surface area contributed by atoms with E-state index in [1.807, 2.05) is 62.4 Å². The lowest BCUT2D eigenvalue weighted by Gasteiger charge is -2.23. The monoisotopic (exact) mass is 338 g/mol. The smallest absolute Gasteiger partial charge is 0.239 e. The first-order chi connectivity index (χ1) is 11.8. The minimum atomic E-state index is -1.14. The summed E-state index contributed by atoms with van der Waals surface area (Å²) in [6.45, 7) is 7.73. The summed E-state index contributed by atoms with van der Waals surface area (Å²) in [6, 6.07) is 15.7. The number of carbonyl (C=O) groups is 2. The standard InChI is InChI=1S/C21H26N2O2/c1-15-10-11-18(16(2)14-15)23-20(25)21(3,4)19(24)22-13-12-17-8-6-5-7-9-17/h5-11,14H,12-13H2,1-4H3,(H,22,24)(H,23,25). The van der Waals surface area contributed by atoms with Gasteiger partial charge in [0.05, 0.1) is 0 Å². The van der Waals surface area contributed by atoms with Crippen LogP contribution in [-0.2, 0) is 16.0 Å². The van der Waals surface area contributed by atoms with E-state index in [2.05, 4.69) is 10.6 Å². The molecule has 2 amide bonds. The van der Waals surface area contributed by atoms with Crippen LogP contribution in [0.15, 0.2) is 48.5 Å². The number of rotatable bonds is 6. The number of amides is 2. The van der Waals surface area contributed by atoms with Gasteiger partial charge in [-0.05, 0) is 51.3 Å². The molecule has 0 atom stereocenters. The van der Waals surface area contributed by atoms with E-state index >= 15 is 0 Å². The Morgan fingerprint density at radius 3 is 2.28 bits per heavy atom. The fraction of sp³-hybridized carbons (Fsp3) is 0.333. The van der Waals surface area contributed by atoms with Crippen LogP contribution in [0.25, 0.3) is 0 Å². The number of nitrogens with one attached hydrogen (secondary N) is 2. The Labute approximate surface area is 149 Å². The maximum absolute atomic E-state index is 12.6. The molecule has 0 unspecified atom stereocenters. The van der Waals surface area contributed by atoms with E-state index in [1.165, 1.54) is 0 Å². The van der Waals surface area contributed by atoms with Crippen molar-refractivity contribution in [3.05, 3.63) is 65.2 Å². The third kappa shape index (κ3) is 4.92. The van der Waals surface area contributed by atoms with E-state index in [-0.39, 0.29) is 11.8 Å². The molecule has 0 saturated heterocycles.